The van der Waals surface area contributed by atoms with E-state index in [1.165, 1.54) is 41.3 Å². The van der Waals surface area contributed by atoms with Crippen LogP contribution in [0.25, 0.3) is 22.2 Å². The van der Waals surface area contributed by atoms with Crippen LogP contribution < -0.4 is 0 Å². The molecule has 116 valence electrons. The molecule has 5 rings (SSSR count). The maximum Gasteiger partial charge on any atom is 0.123 e. The third-order valence-electron chi connectivity index (χ3n) is 5.10. The van der Waals surface area contributed by atoms with Crippen molar-refractivity contribution < 1.29 is 4.39 Å². The Morgan fingerprint density at radius 2 is 1.74 bits per heavy atom. The van der Waals surface area contributed by atoms with E-state index in [9.17, 15) is 4.39 Å². The Morgan fingerprint density at radius 3 is 2.39 bits per heavy atom. The number of thioether (sulfide) groups is 1. The van der Waals surface area contributed by atoms with Gasteiger partial charge in [0, 0.05) is 28.3 Å². The molecule has 1 N–H and O–H groups in total. The first-order chi connectivity index (χ1) is 11.3. The van der Waals surface area contributed by atoms with E-state index in [4.69, 9.17) is 0 Å². The SMILES string of the molecule is Fc1ccc2[nH]c(-c3ccc(C4CC4)cc3)c(C3CSC3)c2c1. The van der Waals surface area contributed by atoms with Crippen molar-refractivity contribution in [1.82, 2.24) is 4.98 Å². The topological polar surface area (TPSA) is 15.8 Å². The number of aromatic nitrogens is 1. The molecular formula is C20H18FNS. The molecule has 3 heteroatoms. The van der Waals surface area contributed by atoms with Crippen LogP contribution in [0.15, 0.2) is 42.5 Å². The fourth-order valence-electron chi connectivity index (χ4n) is 3.58. The van der Waals surface area contributed by atoms with Gasteiger partial charge >= 0.3 is 0 Å². The predicted octanol–water partition coefficient (Wildman–Crippen LogP) is 5.68. The van der Waals surface area contributed by atoms with E-state index in [1.54, 1.807) is 6.07 Å². The molecule has 23 heavy (non-hydrogen) atoms. The standard InChI is InChI=1S/C20H18FNS/c21-16-7-8-18-17(9-16)19(15-10-23-11-15)20(22-18)14-5-3-13(4-6-14)12-1-2-12/h3-9,12,15,22H,1-2,10-11H2. The average Bonchev–Trinajstić information content (AvgIpc) is 3.30. The van der Waals surface area contributed by atoms with Crippen LogP contribution in [0.2, 0.25) is 0 Å². The zero-order valence-electron chi connectivity index (χ0n) is 12.8. The number of nitrogens with one attached hydrogen (secondary N) is 1. The van der Waals surface area contributed by atoms with Gasteiger partial charge in [-0.25, -0.2) is 4.39 Å². The monoisotopic (exact) mass is 323 g/mol. The van der Waals surface area contributed by atoms with Gasteiger partial charge in [0.2, 0.25) is 0 Å². The van der Waals surface area contributed by atoms with E-state index < -0.39 is 0 Å². The molecule has 1 aromatic heterocycles. The fraction of sp³-hybridized carbons (Fsp3) is 0.300. The highest BCUT2D eigenvalue weighted by Gasteiger charge is 2.28. The zero-order chi connectivity index (χ0) is 15.4. The molecule has 2 aliphatic rings. The van der Waals surface area contributed by atoms with Gasteiger partial charge in [0.05, 0.1) is 5.69 Å². The van der Waals surface area contributed by atoms with E-state index in [-0.39, 0.29) is 5.82 Å². The lowest BCUT2D eigenvalue weighted by Gasteiger charge is -2.26. The van der Waals surface area contributed by atoms with Crippen LogP contribution >= 0.6 is 11.8 Å². The van der Waals surface area contributed by atoms with Gasteiger partial charge in [-0.3, -0.25) is 0 Å². The summed E-state index contributed by atoms with van der Waals surface area (Å²) >= 11 is 1.97. The number of H-pyrrole nitrogens is 1. The van der Waals surface area contributed by atoms with Crippen LogP contribution in [0.4, 0.5) is 4.39 Å². The third-order valence-corrected chi connectivity index (χ3v) is 6.37. The van der Waals surface area contributed by atoms with Crippen LogP contribution in [0.5, 0.6) is 0 Å². The minimum Gasteiger partial charge on any atom is -0.354 e. The van der Waals surface area contributed by atoms with Gasteiger partial charge in [-0.2, -0.15) is 11.8 Å². The van der Waals surface area contributed by atoms with E-state index in [1.807, 2.05) is 17.8 Å². The maximum atomic E-state index is 13.7. The first kappa shape index (κ1) is 13.7. The molecule has 2 fully saturated rings. The minimum absolute atomic E-state index is 0.152. The Labute approximate surface area is 139 Å². The Hall–Kier alpha value is -1.74. The molecule has 0 unspecified atom stereocenters. The molecule has 3 aromatic rings. The van der Waals surface area contributed by atoms with Crippen molar-refractivity contribution >= 4 is 22.7 Å². The summed E-state index contributed by atoms with van der Waals surface area (Å²) in [6.45, 7) is 0. The first-order valence-corrected chi connectivity index (χ1v) is 9.44. The van der Waals surface area contributed by atoms with Gasteiger partial charge in [-0.15, -0.1) is 0 Å². The molecule has 0 radical (unpaired) electrons. The van der Waals surface area contributed by atoms with Gasteiger partial charge in [0.1, 0.15) is 5.82 Å². The van der Waals surface area contributed by atoms with E-state index in [2.05, 4.69) is 29.2 Å². The van der Waals surface area contributed by atoms with Crippen LogP contribution in [0, 0.1) is 5.82 Å². The predicted molar refractivity (Wildman–Crippen MR) is 95.7 cm³/mol. The summed E-state index contributed by atoms with van der Waals surface area (Å²) in [5, 5.41) is 1.05. The summed E-state index contributed by atoms with van der Waals surface area (Å²) in [5.74, 6) is 3.44. The molecule has 0 bridgehead atoms. The van der Waals surface area contributed by atoms with Crippen molar-refractivity contribution in [3.8, 4) is 11.3 Å². The Balaban J connectivity index is 1.66. The molecule has 0 atom stereocenters. The van der Waals surface area contributed by atoms with Gasteiger partial charge in [0.15, 0.2) is 0 Å². The Morgan fingerprint density at radius 1 is 0.957 bits per heavy atom. The number of rotatable bonds is 3. The summed E-state index contributed by atoms with van der Waals surface area (Å²) in [6, 6.07) is 14.1. The van der Waals surface area contributed by atoms with Gasteiger partial charge < -0.3 is 4.98 Å². The zero-order valence-corrected chi connectivity index (χ0v) is 13.6. The number of hydrogen-bond acceptors (Lipinski definition) is 1. The lowest BCUT2D eigenvalue weighted by Crippen LogP contribution is -2.15. The smallest absolute Gasteiger partial charge is 0.123 e. The summed E-state index contributed by atoms with van der Waals surface area (Å²) < 4.78 is 13.7. The second-order valence-electron chi connectivity index (χ2n) is 6.73. The third kappa shape index (κ3) is 2.29. The first-order valence-electron chi connectivity index (χ1n) is 8.29. The summed E-state index contributed by atoms with van der Waals surface area (Å²) in [5.41, 5.74) is 6.20. The summed E-state index contributed by atoms with van der Waals surface area (Å²) in [7, 11) is 0. The highest BCUT2D eigenvalue weighted by molar-refractivity contribution is 8.00. The molecule has 0 amide bonds. The van der Waals surface area contributed by atoms with E-state index >= 15 is 0 Å². The van der Waals surface area contributed by atoms with Crippen molar-refractivity contribution in [3.63, 3.8) is 0 Å². The summed E-state index contributed by atoms with van der Waals surface area (Å²) in [6.07, 6.45) is 2.66. The van der Waals surface area contributed by atoms with Crippen LogP contribution in [0.3, 0.4) is 0 Å². The minimum atomic E-state index is -0.152. The number of halogens is 1. The Bertz CT molecular complexity index is 873. The Kier molecular flexibility index (Phi) is 3.05. The number of aromatic amines is 1. The largest absolute Gasteiger partial charge is 0.354 e. The van der Waals surface area contributed by atoms with Gasteiger partial charge in [-0.05, 0) is 53.6 Å². The molecule has 2 heterocycles. The van der Waals surface area contributed by atoms with Crippen LogP contribution in [-0.4, -0.2) is 16.5 Å². The van der Waals surface area contributed by atoms with Crippen molar-refractivity contribution in [1.29, 1.82) is 0 Å². The van der Waals surface area contributed by atoms with Crippen LogP contribution in [-0.2, 0) is 0 Å². The quantitative estimate of drug-likeness (QED) is 0.655. The van der Waals surface area contributed by atoms with Crippen molar-refractivity contribution in [2.24, 2.45) is 0 Å². The fourth-order valence-corrected chi connectivity index (χ4v) is 4.38. The molecule has 0 spiro atoms. The highest BCUT2D eigenvalue weighted by atomic mass is 32.2. The lowest BCUT2D eigenvalue weighted by molar-refractivity contribution is 0.629. The highest BCUT2D eigenvalue weighted by Crippen LogP contribution is 2.44. The van der Waals surface area contributed by atoms with E-state index in [0.29, 0.717) is 5.92 Å². The van der Waals surface area contributed by atoms with Crippen molar-refractivity contribution in [3.05, 3.63) is 59.4 Å². The molecule has 1 saturated carbocycles. The maximum absolute atomic E-state index is 13.7. The van der Waals surface area contributed by atoms with Gasteiger partial charge in [-0.1, -0.05) is 24.3 Å². The second-order valence-corrected chi connectivity index (χ2v) is 7.81. The molecule has 1 nitrogen and oxygen atoms in total. The van der Waals surface area contributed by atoms with Crippen molar-refractivity contribution in [2.75, 3.05) is 11.5 Å². The number of benzene rings is 2. The second kappa shape index (κ2) is 5.13. The molecule has 2 aromatic carbocycles. The molecular weight excluding hydrogens is 305 g/mol. The normalized spacial score (nSPS) is 18.3. The van der Waals surface area contributed by atoms with E-state index in [0.717, 1.165) is 28.3 Å². The lowest BCUT2D eigenvalue weighted by atomic mass is 9.94. The van der Waals surface area contributed by atoms with Crippen molar-refractivity contribution in [2.45, 2.75) is 24.7 Å². The number of fused-ring (bicyclic) bond motifs is 1. The average molecular weight is 323 g/mol. The number of hydrogen-bond donors (Lipinski definition) is 1. The molecule has 1 saturated heterocycles. The van der Waals surface area contributed by atoms with Crippen LogP contribution in [0.1, 0.15) is 35.8 Å². The van der Waals surface area contributed by atoms with Gasteiger partial charge in [0.25, 0.3) is 0 Å². The molecule has 1 aliphatic heterocycles. The molecule has 1 aliphatic carbocycles. The summed E-state index contributed by atoms with van der Waals surface area (Å²) in [4.78, 5) is 3.55.